The minimum atomic E-state index is -4.45. The summed E-state index contributed by atoms with van der Waals surface area (Å²) >= 11 is 1.13. The fraction of sp³-hybridized carbons (Fsp3) is 0.105. The maximum Gasteiger partial charge on any atom is 0.417 e. The monoisotopic (exact) mass is 439 g/mol. The van der Waals surface area contributed by atoms with Crippen molar-refractivity contribution in [2.24, 2.45) is 0 Å². The summed E-state index contributed by atoms with van der Waals surface area (Å²) in [5, 5.41) is 0.358. The number of rotatable bonds is 5. The van der Waals surface area contributed by atoms with Crippen LogP contribution in [-0.4, -0.2) is 16.8 Å². The van der Waals surface area contributed by atoms with Crippen molar-refractivity contribution in [1.82, 2.24) is 15.8 Å². The highest BCUT2D eigenvalue weighted by molar-refractivity contribution is 7.98. The number of amides is 2. The number of hydrazine groups is 1. The molecule has 0 aliphatic heterocycles. The Bertz CT molecular complexity index is 1030. The number of nitrogens with zero attached hydrogens (tertiary/aromatic N) is 1. The fourth-order valence-corrected chi connectivity index (χ4v) is 2.94. The molecule has 1 aromatic carbocycles. The number of benzene rings is 1. The molecule has 30 heavy (non-hydrogen) atoms. The highest BCUT2D eigenvalue weighted by Gasteiger charge is 2.30. The number of carbonyl (C=O) groups is 2. The number of furan rings is 1. The van der Waals surface area contributed by atoms with E-state index in [1.54, 1.807) is 0 Å². The first-order valence-electron chi connectivity index (χ1n) is 8.33. The standard InChI is InChI=1S/C19H13F4N3O3S/c20-13-4-1-11(2-5-13)17(27)25-26-18(28)15-7-6-14(29-15)10-30-16-8-3-12(9-24-16)19(21,22)23/h1-9H,10H2,(H,25,27)(H,26,28). The Morgan fingerprint density at radius 1 is 0.967 bits per heavy atom. The second-order valence-electron chi connectivity index (χ2n) is 5.85. The van der Waals surface area contributed by atoms with Crippen LogP contribution in [0.25, 0.3) is 0 Å². The van der Waals surface area contributed by atoms with E-state index in [0.29, 0.717) is 10.8 Å². The molecule has 0 bridgehead atoms. The summed E-state index contributed by atoms with van der Waals surface area (Å²) in [6.45, 7) is 0. The number of hydrogen-bond acceptors (Lipinski definition) is 5. The van der Waals surface area contributed by atoms with Crippen LogP contribution >= 0.6 is 11.8 Å². The van der Waals surface area contributed by atoms with Gasteiger partial charge in [-0.3, -0.25) is 20.4 Å². The molecule has 2 heterocycles. The fourth-order valence-electron chi connectivity index (χ4n) is 2.20. The summed E-state index contributed by atoms with van der Waals surface area (Å²) in [5.41, 5.74) is 3.65. The van der Waals surface area contributed by atoms with Gasteiger partial charge in [-0.15, -0.1) is 0 Å². The Labute approximate surface area is 171 Å². The summed E-state index contributed by atoms with van der Waals surface area (Å²) in [7, 11) is 0. The number of alkyl halides is 3. The molecular weight excluding hydrogens is 426 g/mol. The number of halogens is 4. The van der Waals surface area contributed by atoms with Crippen molar-refractivity contribution in [3.63, 3.8) is 0 Å². The van der Waals surface area contributed by atoms with E-state index in [1.807, 2.05) is 0 Å². The predicted molar refractivity (Wildman–Crippen MR) is 98.8 cm³/mol. The third kappa shape index (κ3) is 5.60. The lowest BCUT2D eigenvalue weighted by Gasteiger charge is -2.06. The molecule has 6 nitrogen and oxygen atoms in total. The van der Waals surface area contributed by atoms with Crippen molar-refractivity contribution in [3.05, 3.63) is 83.2 Å². The second-order valence-corrected chi connectivity index (χ2v) is 6.85. The minimum absolute atomic E-state index is 0.0783. The average Bonchev–Trinajstić information content (AvgIpc) is 3.19. The molecule has 0 saturated heterocycles. The molecule has 0 saturated carbocycles. The van der Waals surface area contributed by atoms with Gasteiger partial charge in [-0.05, 0) is 48.5 Å². The Morgan fingerprint density at radius 2 is 1.67 bits per heavy atom. The third-order valence-electron chi connectivity index (χ3n) is 3.71. The largest absolute Gasteiger partial charge is 0.455 e. The highest BCUT2D eigenvalue weighted by atomic mass is 32.2. The van der Waals surface area contributed by atoms with Crippen LogP contribution in [0.15, 0.2) is 64.2 Å². The third-order valence-corrected chi connectivity index (χ3v) is 4.67. The van der Waals surface area contributed by atoms with Crippen molar-refractivity contribution in [3.8, 4) is 0 Å². The maximum absolute atomic E-state index is 12.9. The first-order valence-corrected chi connectivity index (χ1v) is 9.32. The first-order chi connectivity index (χ1) is 14.2. The summed E-state index contributed by atoms with van der Waals surface area (Å²) in [4.78, 5) is 27.7. The molecule has 0 aliphatic carbocycles. The van der Waals surface area contributed by atoms with Crippen molar-refractivity contribution >= 4 is 23.6 Å². The topological polar surface area (TPSA) is 84.2 Å². The van der Waals surface area contributed by atoms with E-state index < -0.39 is 29.4 Å². The number of thioether (sulfide) groups is 1. The van der Waals surface area contributed by atoms with E-state index in [9.17, 15) is 27.2 Å². The van der Waals surface area contributed by atoms with Gasteiger partial charge in [0.05, 0.1) is 16.3 Å². The number of pyridine rings is 1. The number of carbonyl (C=O) groups excluding carboxylic acids is 2. The molecular formula is C19H13F4N3O3S. The predicted octanol–water partition coefficient (Wildman–Crippen LogP) is 4.20. The molecule has 0 aliphatic rings. The Morgan fingerprint density at radius 3 is 2.30 bits per heavy atom. The molecule has 2 N–H and O–H groups in total. The van der Waals surface area contributed by atoms with E-state index in [1.165, 1.54) is 30.3 Å². The van der Waals surface area contributed by atoms with Crippen LogP contribution < -0.4 is 10.9 Å². The van der Waals surface area contributed by atoms with Gasteiger partial charge in [-0.1, -0.05) is 11.8 Å². The lowest BCUT2D eigenvalue weighted by atomic mass is 10.2. The molecule has 156 valence electrons. The van der Waals surface area contributed by atoms with E-state index >= 15 is 0 Å². The van der Waals surface area contributed by atoms with Crippen LogP contribution in [0.1, 0.15) is 32.2 Å². The van der Waals surface area contributed by atoms with E-state index in [0.717, 1.165) is 36.2 Å². The van der Waals surface area contributed by atoms with E-state index in [2.05, 4.69) is 15.8 Å². The molecule has 0 spiro atoms. The van der Waals surface area contributed by atoms with Gasteiger partial charge in [0.25, 0.3) is 5.91 Å². The van der Waals surface area contributed by atoms with Crippen LogP contribution in [0.2, 0.25) is 0 Å². The van der Waals surface area contributed by atoms with Crippen LogP contribution in [-0.2, 0) is 11.9 Å². The zero-order chi connectivity index (χ0) is 21.7. The molecule has 11 heteroatoms. The second kappa shape index (κ2) is 8.99. The minimum Gasteiger partial charge on any atom is -0.455 e. The number of nitrogens with one attached hydrogen (secondary N) is 2. The molecule has 0 fully saturated rings. The summed E-state index contributed by atoms with van der Waals surface area (Å²) in [5.74, 6) is -1.31. The maximum atomic E-state index is 12.9. The normalized spacial score (nSPS) is 11.2. The van der Waals surface area contributed by atoms with Gasteiger partial charge in [0.2, 0.25) is 0 Å². The quantitative estimate of drug-likeness (QED) is 0.354. The molecule has 0 unspecified atom stereocenters. The van der Waals surface area contributed by atoms with Gasteiger partial charge in [-0.2, -0.15) is 13.2 Å². The first kappa shape index (κ1) is 21.4. The molecule has 3 rings (SSSR count). The van der Waals surface area contributed by atoms with Crippen molar-refractivity contribution < 1.29 is 31.6 Å². The zero-order valence-electron chi connectivity index (χ0n) is 15.0. The average molecular weight is 439 g/mol. The molecule has 0 radical (unpaired) electrons. The Balaban J connectivity index is 1.51. The zero-order valence-corrected chi connectivity index (χ0v) is 15.8. The lowest BCUT2D eigenvalue weighted by Crippen LogP contribution is -2.41. The number of aromatic nitrogens is 1. The Kier molecular flexibility index (Phi) is 6.40. The van der Waals surface area contributed by atoms with Gasteiger partial charge in [0.15, 0.2) is 5.76 Å². The lowest BCUT2D eigenvalue weighted by molar-refractivity contribution is -0.137. The van der Waals surface area contributed by atoms with Gasteiger partial charge >= 0.3 is 12.1 Å². The molecule has 3 aromatic rings. The SMILES string of the molecule is O=C(NNC(=O)c1ccc(CSc2ccc(C(F)(F)F)cn2)o1)c1ccc(F)cc1. The number of hydrogen-bond donors (Lipinski definition) is 2. The van der Waals surface area contributed by atoms with Gasteiger partial charge in [-0.25, -0.2) is 9.37 Å². The van der Waals surface area contributed by atoms with Crippen LogP contribution in [0, 0.1) is 5.82 Å². The Hall–Kier alpha value is -3.34. The molecule has 2 aromatic heterocycles. The van der Waals surface area contributed by atoms with Gasteiger partial charge in [0, 0.05) is 11.8 Å². The van der Waals surface area contributed by atoms with Gasteiger partial charge in [0.1, 0.15) is 11.6 Å². The van der Waals surface area contributed by atoms with Crippen molar-refractivity contribution in [2.75, 3.05) is 0 Å². The van der Waals surface area contributed by atoms with Crippen molar-refractivity contribution in [1.29, 1.82) is 0 Å². The summed E-state index contributed by atoms with van der Waals surface area (Å²) in [6, 6.07) is 9.82. The van der Waals surface area contributed by atoms with Crippen LogP contribution in [0.5, 0.6) is 0 Å². The van der Waals surface area contributed by atoms with Crippen LogP contribution in [0.3, 0.4) is 0 Å². The molecule has 2 amide bonds. The summed E-state index contributed by atoms with van der Waals surface area (Å²) in [6.07, 6.45) is -3.71. The molecule has 0 atom stereocenters. The van der Waals surface area contributed by atoms with Crippen molar-refractivity contribution in [2.45, 2.75) is 17.0 Å². The van der Waals surface area contributed by atoms with E-state index in [-0.39, 0.29) is 17.1 Å². The van der Waals surface area contributed by atoms with Gasteiger partial charge < -0.3 is 4.42 Å². The highest BCUT2D eigenvalue weighted by Crippen LogP contribution is 2.30. The summed E-state index contributed by atoms with van der Waals surface area (Å²) < 4.78 is 55.8. The smallest absolute Gasteiger partial charge is 0.417 e. The van der Waals surface area contributed by atoms with E-state index in [4.69, 9.17) is 4.42 Å². The van der Waals surface area contributed by atoms with Crippen LogP contribution in [0.4, 0.5) is 17.6 Å².